The molecule has 0 saturated carbocycles. The van der Waals surface area contributed by atoms with E-state index in [9.17, 15) is 4.79 Å². The molecule has 0 unspecified atom stereocenters. The van der Waals surface area contributed by atoms with E-state index in [1.807, 2.05) is 38.1 Å². The molecule has 0 aliphatic rings. The van der Waals surface area contributed by atoms with Gasteiger partial charge in [0, 0.05) is 25.4 Å². The Balaban J connectivity index is 1.96. The Morgan fingerprint density at radius 1 is 1.26 bits per heavy atom. The molecule has 2 heterocycles. The highest BCUT2D eigenvalue weighted by Gasteiger charge is 2.15. The highest BCUT2D eigenvalue weighted by atomic mass is 16.1. The fourth-order valence-electron chi connectivity index (χ4n) is 2.81. The molecule has 3 rings (SSSR count). The molecule has 2 aromatic heterocycles. The van der Waals surface area contributed by atoms with E-state index in [2.05, 4.69) is 20.3 Å². The standard InChI is InChI=1S/C20H22N6O/c1-13(2)26(12-22-3)20(21)16-8-5-9-18(25-16)24-15-7-4-6-14-19(15)17(27)10-11-23-14/h4-13,21H,1-3H3,(H,23,27)(H,24,25). The van der Waals surface area contributed by atoms with Gasteiger partial charge in [0.2, 0.25) is 0 Å². The van der Waals surface area contributed by atoms with Crippen molar-refractivity contribution in [3.8, 4) is 0 Å². The Hall–Kier alpha value is -3.48. The molecule has 0 atom stereocenters. The molecule has 7 heteroatoms. The monoisotopic (exact) mass is 362 g/mol. The smallest absolute Gasteiger partial charge is 0.191 e. The van der Waals surface area contributed by atoms with Gasteiger partial charge in [-0.1, -0.05) is 12.1 Å². The van der Waals surface area contributed by atoms with Crippen molar-refractivity contribution >= 4 is 34.6 Å². The molecule has 0 aliphatic heterocycles. The molecule has 1 aromatic carbocycles. The van der Waals surface area contributed by atoms with E-state index in [4.69, 9.17) is 5.41 Å². The number of amidine groups is 1. The molecule has 3 aromatic rings. The minimum Gasteiger partial charge on any atom is -0.361 e. The van der Waals surface area contributed by atoms with Crippen LogP contribution in [0, 0.1) is 5.41 Å². The van der Waals surface area contributed by atoms with E-state index in [0.717, 1.165) is 5.52 Å². The second-order valence-corrected chi connectivity index (χ2v) is 6.33. The van der Waals surface area contributed by atoms with Crippen LogP contribution in [0.2, 0.25) is 0 Å². The number of fused-ring (bicyclic) bond motifs is 1. The minimum absolute atomic E-state index is 0.0686. The predicted molar refractivity (Wildman–Crippen MR) is 110 cm³/mol. The maximum Gasteiger partial charge on any atom is 0.191 e. The summed E-state index contributed by atoms with van der Waals surface area (Å²) in [5, 5.41) is 12.2. The van der Waals surface area contributed by atoms with Crippen molar-refractivity contribution in [1.82, 2.24) is 14.9 Å². The average molecular weight is 362 g/mol. The van der Waals surface area contributed by atoms with Crippen LogP contribution in [-0.2, 0) is 0 Å². The zero-order chi connectivity index (χ0) is 19.4. The molecule has 138 valence electrons. The fourth-order valence-corrected chi connectivity index (χ4v) is 2.81. The Morgan fingerprint density at radius 2 is 2.04 bits per heavy atom. The topological polar surface area (TPSA) is 97.2 Å². The molecule has 27 heavy (non-hydrogen) atoms. The van der Waals surface area contributed by atoms with Gasteiger partial charge >= 0.3 is 0 Å². The summed E-state index contributed by atoms with van der Waals surface area (Å²) in [7, 11) is 1.67. The number of aliphatic imine (C=N–C) groups is 1. The average Bonchev–Trinajstić information content (AvgIpc) is 2.66. The third kappa shape index (κ3) is 3.87. The highest BCUT2D eigenvalue weighted by molar-refractivity contribution is 6.01. The van der Waals surface area contributed by atoms with Crippen LogP contribution in [0.25, 0.3) is 10.9 Å². The Bertz CT molecular complexity index is 1050. The maximum absolute atomic E-state index is 12.3. The van der Waals surface area contributed by atoms with Crippen molar-refractivity contribution < 1.29 is 0 Å². The lowest BCUT2D eigenvalue weighted by molar-refractivity contribution is 0.508. The first-order chi connectivity index (χ1) is 13.0. The number of nitrogens with zero attached hydrogens (tertiary/aromatic N) is 3. The van der Waals surface area contributed by atoms with Crippen molar-refractivity contribution in [1.29, 1.82) is 5.41 Å². The number of benzene rings is 1. The van der Waals surface area contributed by atoms with Crippen LogP contribution in [0.4, 0.5) is 11.5 Å². The van der Waals surface area contributed by atoms with E-state index in [1.165, 1.54) is 6.07 Å². The van der Waals surface area contributed by atoms with E-state index in [-0.39, 0.29) is 17.3 Å². The Labute approximate surface area is 157 Å². The molecular formula is C20H22N6O. The summed E-state index contributed by atoms with van der Waals surface area (Å²) < 4.78 is 0. The van der Waals surface area contributed by atoms with Gasteiger partial charge in [0.05, 0.1) is 22.9 Å². The second kappa shape index (κ2) is 7.82. The summed E-state index contributed by atoms with van der Waals surface area (Å²) in [6.07, 6.45) is 3.25. The molecule has 0 spiro atoms. The van der Waals surface area contributed by atoms with E-state index in [1.54, 1.807) is 36.6 Å². The molecule has 3 N–H and O–H groups in total. The van der Waals surface area contributed by atoms with Crippen LogP contribution in [-0.4, -0.2) is 40.1 Å². The summed E-state index contributed by atoms with van der Waals surface area (Å²) >= 11 is 0. The zero-order valence-electron chi connectivity index (χ0n) is 15.5. The van der Waals surface area contributed by atoms with Crippen LogP contribution in [0.15, 0.2) is 58.4 Å². The molecule has 0 aliphatic carbocycles. The van der Waals surface area contributed by atoms with Crippen molar-refractivity contribution in [2.24, 2.45) is 4.99 Å². The lowest BCUT2D eigenvalue weighted by Gasteiger charge is -2.24. The van der Waals surface area contributed by atoms with Gasteiger partial charge in [0.15, 0.2) is 11.3 Å². The number of pyridine rings is 2. The summed E-state index contributed by atoms with van der Waals surface area (Å²) in [6, 6.07) is 12.5. The van der Waals surface area contributed by atoms with Gasteiger partial charge in [-0.15, -0.1) is 0 Å². The molecule has 0 amide bonds. The van der Waals surface area contributed by atoms with Gasteiger partial charge in [-0.25, -0.2) is 4.98 Å². The quantitative estimate of drug-likeness (QED) is 0.479. The van der Waals surface area contributed by atoms with Crippen LogP contribution in [0.3, 0.4) is 0 Å². The number of hydrogen-bond acceptors (Lipinski definition) is 5. The van der Waals surface area contributed by atoms with Crippen molar-refractivity contribution in [2.75, 3.05) is 12.4 Å². The molecular weight excluding hydrogens is 340 g/mol. The number of rotatable bonds is 5. The number of aromatic amines is 1. The van der Waals surface area contributed by atoms with Gasteiger partial charge in [-0.3, -0.25) is 15.2 Å². The second-order valence-electron chi connectivity index (χ2n) is 6.33. The number of H-pyrrole nitrogens is 1. The van der Waals surface area contributed by atoms with Gasteiger partial charge in [-0.05, 0) is 38.1 Å². The normalized spacial score (nSPS) is 11.3. The van der Waals surface area contributed by atoms with Crippen molar-refractivity contribution in [2.45, 2.75) is 19.9 Å². The Kier molecular flexibility index (Phi) is 5.30. The third-order valence-corrected chi connectivity index (χ3v) is 4.09. The van der Waals surface area contributed by atoms with Crippen LogP contribution in [0.5, 0.6) is 0 Å². The number of hydrogen-bond donors (Lipinski definition) is 3. The molecule has 0 bridgehead atoms. The fraction of sp³-hybridized carbons (Fsp3) is 0.200. The minimum atomic E-state index is -0.0686. The first-order valence-electron chi connectivity index (χ1n) is 8.65. The van der Waals surface area contributed by atoms with Gasteiger partial charge in [0.1, 0.15) is 11.5 Å². The van der Waals surface area contributed by atoms with Gasteiger partial charge < -0.3 is 15.2 Å². The largest absolute Gasteiger partial charge is 0.361 e. The first-order valence-corrected chi connectivity index (χ1v) is 8.65. The summed E-state index contributed by atoms with van der Waals surface area (Å²) in [5.74, 6) is 0.820. The predicted octanol–water partition coefficient (Wildman–Crippen LogP) is 3.36. The number of nitrogens with one attached hydrogen (secondary N) is 3. The maximum atomic E-state index is 12.3. The van der Waals surface area contributed by atoms with Gasteiger partial charge in [0.25, 0.3) is 0 Å². The first kappa shape index (κ1) is 18.3. The van der Waals surface area contributed by atoms with Crippen LogP contribution >= 0.6 is 0 Å². The van der Waals surface area contributed by atoms with Crippen LogP contribution in [0.1, 0.15) is 19.5 Å². The van der Waals surface area contributed by atoms with E-state index in [0.29, 0.717) is 22.6 Å². The zero-order valence-corrected chi connectivity index (χ0v) is 15.5. The van der Waals surface area contributed by atoms with Crippen LogP contribution < -0.4 is 10.7 Å². The van der Waals surface area contributed by atoms with Gasteiger partial charge in [-0.2, -0.15) is 0 Å². The van der Waals surface area contributed by atoms with E-state index >= 15 is 0 Å². The summed E-state index contributed by atoms with van der Waals surface area (Å²) in [6.45, 7) is 3.97. The SMILES string of the molecule is CN=CN(C(=N)c1cccc(Nc2cccc3[nH]ccc(=O)c23)n1)C(C)C. The molecule has 7 nitrogen and oxygen atoms in total. The number of anilines is 2. The van der Waals surface area contributed by atoms with Crippen molar-refractivity contribution in [3.05, 3.63) is 64.6 Å². The third-order valence-electron chi connectivity index (χ3n) is 4.09. The number of aromatic nitrogens is 2. The lowest BCUT2D eigenvalue weighted by atomic mass is 10.1. The Morgan fingerprint density at radius 3 is 2.78 bits per heavy atom. The highest BCUT2D eigenvalue weighted by Crippen LogP contribution is 2.22. The summed E-state index contributed by atoms with van der Waals surface area (Å²) in [5.41, 5.74) is 1.87. The van der Waals surface area contributed by atoms with E-state index < -0.39 is 0 Å². The molecule has 0 fully saturated rings. The lowest BCUT2D eigenvalue weighted by Crippen LogP contribution is -2.36. The molecule has 0 saturated heterocycles. The summed E-state index contributed by atoms with van der Waals surface area (Å²) in [4.78, 5) is 25.6. The molecule has 0 radical (unpaired) electrons. The van der Waals surface area contributed by atoms with Crippen molar-refractivity contribution in [3.63, 3.8) is 0 Å².